The summed E-state index contributed by atoms with van der Waals surface area (Å²) in [4.78, 5) is 0. The standard InChI is InChI=1S/C24H46BNO2/c1-5-6-7-8-19(25)12-15-26-16-13-20-18(2)9-10-21-23(20,3)14-11-22(28)24(21,4)17-27/h19-22,26-28H,2,5-17,25H2,1,3-4H3/t19?,20-,21?,22-,23+,24+/m1/s1. The molecule has 6 atom stereocenters. The van der Waals surface area contributed by atoms with Crippen molar-refractivity contribution in [1.29, 1.82) is 0 Å². The molecule has 2 aliphatic carbocycles. The van der Waals surface area contributed by atoms with E-state index in [-0.39, 0.29) is 23.5 Å². The molecule has 162 valence electrons. The van der Waals surface area contributed by atoms with E-state index in [0.29, 0.717) is 11.8 Å². The summed E-state index contributed by atoms with van der Waals surface area (Å²) in [6.07, 6.45) is 11.4. The maximum absolute atomic E-state index is 10.6. The van der Waals surface area contributed by atoms with Gasteiger partial charge in [0.15, 0.2) is 0 Å². The molecule has 4 heteroatoms. The van der Waals surface area contributed by atoms with Crippen molar-refractivity contribution < 1.29 is 10.2 Å². The van der Waals surface area contributed by atoms with E-state index in [0.717, 1.165) is 51.0 Å². The van der Waals surface area contributed by atoms with Gasteiger partial charge in [0.1, 0.15) is 7.85 Å². The second kappa shape index (κ2) is 10.6. The smallest absolute Gasteiger partial charge is 0.105 e. The van der Waals surface area contributed by atoms with Crippen molar-refractivity contribution >= 4 is 7.85 Å². The minimum absolute atomic E-state index is 0.0851. The molecule has 2 saturated carbocycles. The van der Waals surface area contributed by atoms with E-state index in [1.807, 2.05) is 0 Å². The molecule has 2 fully saturated rings. The van der Waals surface area contributed by atoms with Crippen molar-refractivity contribution in [3.8, 4) is 0 Å². The van der Waals surface area contributed by atoms with Crippen LogP contribution in [-0.2, 0) is 0 Å². The monoisotopic (exact) mass is 391 g/mol. The number of aliphatic hydroxyl groups is 2. The summed E-state index contributed by atoms with van der Waals surface area (Å²) < 4.78 is 0. The van der Waals surface area contributed by atoms with Crippen LogP contribution < -0.4 is 5.32 Å². The van der Waals surface area contributed by atoms with Crippen LogP contribution in [0.1, 0.15) is 85.0 Å². The van der Waals surface area contributed by atoms with Gasteiger partial charge in [0.2, 0.25) is 0 Å². The van der Waals surface area contributed by atoms with Gasteiger partial charge >= 0.3 is 0 Å². The van der Waals surface area contributed by atoms with E-state index >= 15 is 0 Å². The number of allylic oxidation sites excluding steroid dienone is 1. The van der Waals surface area contributed by atoms with Crippen molar-refractivity contribution in [2.75, 3.05) is 19.7 Å². The van der Waals surface area contributed by atoms with Crippen LogP contribution in [-0.4, -0.2) is 43.9 Å². The molecular weight excluding hydrogens is 345 g/mol. The fourth-order valence-corrected chi connectivity index (χ4v) is 6.34. The van der Waals surface area contributed by atoms with Crippen LogP contribution in [0.15, 0.2) is 12.2 Å². The summed E-state index contributed by atoms with van der Waals surface area (Å²) in [5.41, 5.74) is 1.18. The lowest BCUT2D eigenvalue weighted by molar-refractivity contribution is -0.152. The number of hydrogen-bond donors (Lipinski definition) is 3. The first-order chi connectivity index (χ1) is 13.3. The van der Waals surface area contributed by atoms with Gasteiger partial charge in [0.25, 0.3) is 0 Å². The van der Waals surface area contributed by atoms with E-state index in [4.69, 9.17) is 0 Å². The fraction of sp³-hybridized carbons (Fsp3) is 0.917. The van der Waals surface area contributed by atoms with E-state index in [9.17, 15) is 10.2 Å². The van der Waals surface area contributed by atoms with Gasteiger partial charge in [0, 0.05) is 5.41 Å². The van der Waals surface area contributed by atoms with E-state index < -0.39 is 0 Å². The lowest BCUT2D eigenvalue weighted by Gasteiger charge is -2.60. The molecule has 0 saturated heterocycles. The second-order valence-electron chi connectivity index (χ2n) is 10.5. The topological polar surface area (TPSA) is 52.5 Å². The highest BCUT2D eigenvalue weighted by Gasteiger charge is 2.57. The van der Waals surface area contributed by atoms with Crippen molar-refractivity contribution in [1.82, 2.24) is 5.32 Å². The first-order valence-electron chi connectivity index (χ1n) is 12.0. The first kappa shape index (κ1) is 24.0. The lowest BCUT2D eigenvalue weighted by atomic mass is 9.46. The van der Waals surface area contributed by atoms with Crippen LogP contribution in [0.25, 0.3) is 0 Å². The quantitative estimate of drug-likeness (QED) is 0.282. The van der Waals surface area contributed by atoms with Crippen LogP contribution in [0.4, 0.5) is 0 Å². The van der Waals surface area contributed by atoms with Crippen molar-refractivity contribution in [3.05, 3.63) is 12.2 Å². The number of rotatable bonds is 11. The first-order valence-corrected chi connectivity index (χ1v) is 12.0. The van der Waals surface area contributed by atoms with Gasteiger partial charge in [-0.15, -0.1) is 0 Å². The summed E-state index contributed by atoms with van der Waals surface area (Å²) in [7, 11) is 2.38. The molecule has 0 aliphatic heterocycles. The molecule has 0 aromatic rings. The van der Waals surface area contributed by atoms with Gasteiger partial charge in [-0.1, -0.05) is 64.4 Å². The Hall–Kier alpha value is -0.315. The zero-order chi connectivity index (χ0) is 20.8. The number of unbranched alkanes of at least 4 members (excludes halogenated alkanes) is 2. The fourth-order valence-electron chi connectivity index (χ4n) is 6.34. The van der Waals surface area contributed by atoms with Gasteiger partial charge < -0.3 is 15.5 Å². The molecule has 28 heavy (non-hydrogen) atoms. The Labute approximate surface area is 175 Å². The molecule has 0 aromatic heterocycles. The summed E-state index contributed by atoms with van der Waals surface area (Å²) in [5, 5.41) is 24.4. The summed E-state index contributed by atoms with van der Waals surface area (Å²) in [5.74, 6) is 1.69. The van der Waals surface area contributed by atoms with E-state index in [1.54, 1.807) is 0 Å². The second-order valence-corrected chi connectivity index (χ2v) is 10.5. The molecule has 0 heterocycles. The van der Waals surface area contributed by atoms with Crippen molar-refractivity contribution in [2.45, 2.75) is 96.9 Å². The van der Waals surface area contributed by atoms with Crippen molar-refractivity contribution in [3.63, 3.8) is 0 Å². The van der Waals surface area contributed by atoms with Gasteiger partial charge in [-0.25, -0.2) is 0 Å². The third-order valence-electron chi connectivity index (χ3n) is 8.42. The highest BCUT2D eigenvalue weighted by molar-refractivity contribution is 6.11. The highest BCUT2D eigenvalue weighted by Crippen LogP contribution is 2.61. The number of nitrogens with one attached hydrogen (secondary N) is 1. The third-order valence-corrected chi connectivity index (χ3v) is 8.42. The maximum Gasteiger partial charge on any atom is 0.105 e. The van der Waals surface area contributed by atoms with E-state index in [2.05, 4.69) is 40.5 Å². The van der Waals surface area contributed by atoms with Gasteiger partial charge in [-0.05, 0) is 68.9 Å². The Morgan fingerprint density at radius 2 is 1.96 bits per heavy atom. The zero-order valence-corrected chi connectivity index (χ0v) is 19.1. The van der Waals surface area contributed by atoms with Crippen LogP contribution in [0.5, 0.6) is 0 Å². The average Bonchev–Trinajstić information content (AvgIpc) is 2.67. The van der Waals surface area contributed by atoms with E-state index in [1.165, 1.54) is 37.7 Å². The molecule has 2 rings (SSSR count). The molecule has 2 aliphatic rings. The normalized spacial score (nSPS) is 36.9. The van der Waals surface area contributed by atoms with Gasteiger partial charge in [0.05, 0.1) is 12.7 Å². The molecule has 0 aromatic carbocycles. The summed E-state index contributed by atoms with van der Waals surface area (Å²) in [6.45, 7) is 13.5. The van der Waals surface area contributed by atoms with Crippen molar-refractivity contribution in [2.24, 2.45) is 22.7 Å². The molecule has 2 unspecified atom stereocenters. The largest absolute Gasteiger partial charge is 0.396 e. The van der Waals surface area contributed by atoms with Crippen LogP contribution in [0.3, 0.4) is 0 Å². The molecular formula is C24H46BNO2. The zero-order valence-electron chi connectivity index (χ0n) is 19.1. The minimum Gasteiger partial charge on any atom is -0.396 e. The Balaban J connectivity index is 1.86. The maximum atomic E-state index is 10.6. The predicted octanol–water partition coefficient (Wildman–Crippen LogP) is 4.10. The molecule has 0 radical (unpaired) electrons. The van der Waals surface area contributed by atoms with Gasteiger partial charge in [-0.3, -0.25) is 0 Å². The average molecular weight is 391 g/mol. The molecule has 0 bridgehead atoms. The predicted molar refractivity (Wildman–Crippen MR) is 122 cm³/mol. The third kappa shape index (κ3) is 5.23. The Morgan fingerprint density at radius 3 is 2.64 bits per heavy atom. The molecule has 0 amide bonds. The SMILES string of the molecule is BC(CCCCC)CCNCC[C@@H]1C(=C)CCC2[C@](C)(CO)[C@H](O)CC[C@]21C. The Bertz CT molecular complexity index is 499. The van der Waals surface area contributed by atoms with Gasteiger partial charge in [-0.2, -0.15) is 0 Å². The molecule has 3 N–H and O–H groups in total. The summed E-state index contributed by atoms with van der Waals surface area (Å²) in [6, 6.07) is 0. The highest BCUT2D eigenvalue weighted by atomic mass is 16.3. The number of hydrogen-bond acceptors (Lipinski definition) is 3. The van der Waals surface area contributed by atoms with Crippen LogP contribution >= 0.6 is 0 Å². The number of fused-ring (bicyclic) bond motifs is 1. The summed E-state index contributed by atoms with van der Waals surface area (Å²) >= 11 is 0. The molecule has 3 nitrogen and oxygen atoms in total. The molecule has 0 spiro atoms. The Kier molecular flexibility index (Phi) is 9.10. The Morgan fingerprint density at radius 1 is 1.21 bits per heavy atom. The number of aliphatic hydroxyl groups excluding tert-OH is 2. The lowest BCUT2D eigenvalue weighted by Crippen LogP contribution is -2.57. The minimum atomic E-state index is -0.380. The van der Waals surface area contributed by atoms with Crippen LogP contribution in [0.2, 0.25) is 5.82 Å². The van der Waals surface area contributed by atoms with Crippen LogP contribution in [0, 0.1) is 22.7 Å².